The van der Waals surface area contributed by atoms with E-state index < -0.39 is 0 Å². The van der Waals surface area contributed by atoms with Crippen LogP contribution in [-0.4, -0.2) is 19.5 Å². The molecule has 4 rings (SSSR count). The molecule has 2 nitrogen and oxygen atoms in total. The molecule has 0 aliphatic rings. The minimum atomic E-state index is 0.253. The molecular weight excluding hydrogens is 359 g/mol. The molecule has 3 aromatic carbocycles. The molecule has 3 heteroatoms. The molecule has 1 heterocycles. The molecule has 0 spiro atoms. The number of aromatic nitrogens is 1. The van der Waals surface area contributed by atoms with E-state index in [9.17, 15) is 0 Å². The third-order valence-corrected chi connectivity index (χ3v) is 5.41. The fraction of sp³-hybridized carbons (Fsp3) is 0. The number of rotatable bonds is 4. The van der Waals surface area contributed by atoms with Crippen molar-refractivity contribution in [3.63, 3.8) is 0 Å². The predicted octanol–water partition coefficient (Wildman–Crippen LogP) is 5.22. The fourth-order valence-electron chi connectivity index (χ4n) is 2.57. The molecule has 0 saturated carbocycles. The van der Waals surface area contributed by atoms with E-state index in [0.29, 0.717) is 0 Å². The summed E-state index contributed by atoms with van der Waals surface area (Å²) in [5.74, 6) is 0. The van der Waals surface area contributed by atoms with E-state index in [1.807, 2.05) is 24.3 Å². The van der Waals surface area contributed by atoms with E-state index >= 15 is 0 Å². The molecule has 0 amide bonds. The molecule has 0 aliphatic carbocycles. The quantitative estimate of drug-likeness (QED) is 0.495. The van der Waals surface area contributed by atoms with Crippen LogP contribution in [0.4, 0.5) is 10.4 Å². The number of nitrogens with one attached hydrogen (secondary N) is 1. The summed E-state index contributed by atoms with van der Waals surface area (Å²) in [6.45, 7) is 0. The van der Waals surface area contributed by atoms with Gasteiger partial charge in [0.2, 0.25) is 0 Å². The normalized spacial score (nSPS) is 10.5. The molecule has 0 bridgehead atoms. The number of nitrogens with zero attached hydrogens (tertiary/aromatic N) is 1. The summed E-state index contributed by atoms with van der Waals surface area (Å²) in [6, 6.07) is 29.3. The van der Waals surface area contributed by atoms with Crippen LogP contribution < -0.4 is 5.32 Å². The zero-order chi connectivity index (χ0) is 16.2. The molecule has 0 saturated heterocycles. The number of benzene rings is 3. The minimum absolute atomic E-state index is 0.253. The van der Waals surface area contributed by atoms with E-state index in [1.54, 1.807) is 0 Å². The second kappa shape index (κ2) is 6.88. The Balaban J connectivity index is 1.54. The Hall–Kier alpha value is -2.61. The van der Waals surface area contributed by atoms with Gasteiger partial charge in [0.05, 0.1) is 0 Å². The van der Waals surface area contributed by atoms with Crippen LogP contribution in [-0.2, 0) is 0 Å². The van der Waals surface area contributed by atoms with Crippen molar-refractivity contribution in [2.45, 2.75) is 0 Å². The summed E-state index contributed by atoms with van der Waals surface area (Å²) < 4.78 is 1.05. The zero-order valence-corrected chi connectivity index (χ0v) is 14.7. The van der Waals surface area contributed by atoms with Crippen LogP contribution in [0.5, 0.6) is 0 Å². The molecule has 0 unspecified atom stereocenters. The van der Waals surface area contributed by atoms with E-state index in [1.165, 1.54) is 16.7 Å². The van der Waals surface area contributed by atoms with E-state index in [0.717, 1.165) is 16.1 Å². The van der Waals surface area contributed by atoms with Crippen LogP contribution in [0.25, 0.3) is 22.4 Å². The molecule has 24 heavy (non-hydrogen) atoms. The van der Waals surface area contributed by atoms with Crippen molar-refractivity contribution in [2.75, 3.05) is 5.32 Å². The SMILES string of the molecule is c1ccc(Nc2nc(-c3ccc(-c4ccccc4)cc3)c[se]2)cc1. The van der Waals surface area contributed by atoms with Gasteiger partial charge in [-0.15, -0.1) is 0 Å². The van der Waals surface area contributed by atoms with Crippen molar-refractivity contribution >= 4 is 24.9 Å². The summed E-state index contributed by atoms with van der Waals surface area (Å²) in [4.78, 5) is 6.98. The van der Waals surface area contributed by atoms with Crippen LogP contribution in [0, 0.1) is 0 Å². The van der Waals surface area contributed by atoms with E-state index in [2.05, 4.69) is 70.9 Å². The zero-order valence-electron chi connectivity index (χ0n) is 13.0. The van der Waals surface area contributed by atoms with Gasteiger partial charge in [0.25, 0.3) is 0 Å². The first-order valence-electron chi connectivity index (χ1n) is 7.82. The first kappa shape index (κ1) is 14.9. The summed E-state index contributed by atoms with van der Waals surface area (Å²) in [7, 11) is 0. The van der Waals surface area contributed by atoms with Crippen molar-refractivity contribution in [1.29, 1.82) is 0 Å². The van der Waals surface area contributed by atoms with Gasteiger partial charge in [0, 0.05) is 0 Å². The molecule has 0 fully saturated rings. The molecule has 116 valence electrons. The van der Waals surface area contributed by atoms with Crippen molar-refractivity contribution in [2.24, 2.45) is 0 Å². The Morgan fingerprint density at radius 3 is 1.92 bits per heavy atom. The van der Waals surface area contributed by atoms with Crippen LogP contribution >= 0.6 is 0 Å². The van der Waals surface area contributed by atoms with E-state index in [-0.39, 0.29) is 14.5 Å². The topological polar surface area (TPSA) is 24.9 Å². The van der Waals surface area contributed by atoms with Crippen LogP contribution in [0.15, 0.2) is 89.9 Å². The summed E-state index contributed by atoms with van der Waals surface area (Å²) in [5.41, 5.74) is 5.79. The summed E-state index contributed by atoms with van der Waals surface area (Å²) in [6.07, 6.45) is 0. The second-order valence-corrected chi connectivity index (χ2v) is 7.27. The Morgan fingerprint density at radius 1 is 0.625 bits per heavy atom. The Bertz CT molecular complexity index is 913. The molecule has 1 N–H and O–H groups in total. The van der Waals surface area contributed by atoms with Crippen molar-refractivity contribution in [3.8, 4) is 22.4 Å². The third kappa shape index (κ3) is 3.33. The number of anilines is 2. The van der Waals surface area contributed by atoms with Gasteiger partial charge in [-0.1, -0.05) is 0 Å². The van der Waals surface area contributed by atoms with Crippen LogP contribution in [0.1, 0.15) is 0 Å². The van der Waals surface area contributed by atoms with Crippen molar-refractivity contribution < 1.29 is 0 Å². The maximum absolute atomic E-state index is 4.75. The average Bonchev–Trinajstić information content (AvgIpc) is 3.12. The Morgan fingerprint density at radius 2 is 1.21 bits per heavy atom. The average molecular weight is 375 g/mol. The maximum atomic E-state index is 4.75. The monoisotopic (exact) mass is 376 g/mol. The van der Waals surface area contributed by atoms with Gasteiger partial charge in [-0.2, -0.15) is 0 Å². The first-order valence-corrected chi connectivity index (χ1v) is 9.66. The van der Waals surface area contributed by atoms with Crippen LogP contribution in [0.2, 0.25) is 0 Å². The second-order valence-electron chi connectivity index (χ2n) is 5.47. The van der Waals surface area contributed by atoms with Gasteiger partial charge in [0.15, 0.2) is 0 Å². The van der Waals surface area contributed by atoms with E-state index in [4.69, 9.17) is 4.98 Å². The van der Waals surface area contributed by atoms with Gasteiger partial charge in [-0.25, -0.2) is 0 Å². The molecule has 0 radical (unpaired) electrons. The summed E-state index contributed by atoms with van der Waals surface area (Å²) >= 11 is 0.253. The van der Waals surface area contributed by atoms with Gasteiger partial charge in [0.1, 0.15) is 0 Å². The standard InChI is InChI=1S/C21H16N2Se/c1-3-7-16(8-4-1)17-11-13-18(14-12-17)20-15-24-21(23-20)22-19-9-5-2-6-10-19/h1-15H,(H,22,23). The first-order chi connectivity index (χ1) is 11.9. The molecule has 1 aromatic heterocycles. The number of hydrogen-bond donors (Lipinski definition) is 1. The Kier molecular flexibility index (Phi) is 4.28. The Labute approximate surface area is 147 Å². The van der Waals surface area contributed by atoms with Gasteiger partial charge in [-0.3, -0.25) is 0 Å². The molecule has 4 aromatic rings. The van der Waals surface area contributed by atoms with Crippen molar-refractivity contribution in [3.05, 3.63) is 89.9 Å². The van der Waals surface area contributed by atoms with Gasteiger partial charge < -0.3 is 0 Å². The van der Waals surface area contributed by atoms with Crippen molar-refractivity contribution in [1.82, 2.24) is 4.98 Å². The summed E-state index contributed by atoms with van der Waals surface area (Å²) in [5, 5.41) is 3.40. The van der Waals surface area contributed by atoms with Crippen LogP contribution in [0.3, 0.4) is 0 Å². The molecule has 0 atom stereocenters. The van der Waals surface area contributed by atoms with Gasteiger partial charge >= 0.3 is 147 Å². The number of para-hydroxylation sites is 1. The fourth-order valence-corrected chi connectivity index (χ4v) is 4.13. The molecular formula is C21H16N2Se. The predicted molar refractivity (Wildman–Crippen MR) is 102 cm³/mol. The van der Waals surface area contributed by atoms with Gasteiger partial charge in [-0.05, 0) is 0 Å². The number of hydrogen-bond acceptors (Lipinski definition) is 2. The third-order valence-electron chi connectivity index (χ3n) is 3.82. The molecule has 0 aliphatic heterocycles.